The Kier molecular flexibility index (Phi) is 2.08. The Hall–Kier alpha value is -0.120. The SMILES string of the molecule is CC(N)C(N)O. The number of rotatable bonds is 1. The van der Waals surface area contributed by atoms with Crippen LogP contribution in [0.15, 0.2) is 0 Å². The normalized spacial score (nSPS) is 20.0. The van der Waals surface area contributed by atoms with E-state index in [2.05, 4.69) is 0 Å². The first-order valence-electron chi connectivity index (χ1n) is 1.84. The van der Waals surface area contributed by atoms with Crippen molar-refractivity contribution in [3.8, 4) is 0 Å². The highest BCUT2D eigenvalue weighted by Crippen LogP contribution is 1.73. The Morgan fingerprint density at radius 1 is 1.50 bits per heavy atom. The fraction of sp³-hybridized carbons (Fsp3) is 1.00. The van der Waals surface area contributed by atoms with Crippen LogP contribution in [0.4, 0.5) is 0 Å². The molecule has 5 N–H and O–H groups in total. The van der Waals surface area contributed by atoms with Gasteiger partial charge in [0.25, 0.3) is 0 Å². The van der Waals surface area contributed by atoms with Gasteiger partial charge in [0, 0.05) is 6.04 Å². The Balaban J connectivity index is 2.99. The van der Waals surface area contributed by atoms with Crippen molar-refractivity contribution in [1.29, 1.82) is 0 Å². The van der Waals surface area contributed by atoms with Crippen LogP contribution in [0, 0.1) is 0 Å². The largest absolute Gasteiger partial charge is 0.377 e. The highest BCUT2D eigenvalue weighted by atomic mass is 16.3. The van der Waals surface area contributed by atoms with E-state index in [9.17, 15) is 0 Å². The second-order valence-corrected chi connectivity index (χ2v) is 1.35. The third kappa shape index (κ3) is 2.14. The van der Waals surface area contributed by atoms with Crippen molar-refractivity contribution in [2.24, 2.45) is 11.5 Å². The molecule has 0 saturated carbocycles. The van der Waals surface area contributed by atoms with Crippen LogP contribution in [0.2, 0.25) is 0 Å². The quantitative estimate of drug-likeness (QED) is 0.347. The molecule has 0 aromatic rings. The maximum Gasteiger partial charge on any atom is 0.117 e. The predicted molar refractivity (Wildman–Crippen MR) is 23.8 cm³/mol. The average molecular weight is 90.1 g/mol. The standard InChI is InChI=1S/C3H10N2O/c1-2(4)3(5)6/h2-3,6H,4-5H2,1H3. The Bertz CT molecular complexity index is 29.8. The van der Waals surface area contributed by atoms with Gasteiger partial charge in [0.15, 0.2) is 0 Å². The first kappa shape index (κ1) is 5.88. The van der Waals surface area contributed by atoms with E-state index in [0.717, 1.165) is 0 Å². The van der Waals surface area contributed by atoms with Crippen LogP contribution in [0.25, 0.3) is 0 Å². The van der Waals surface area contributed by atoms with Crippen molar-refractivity contribution in [2.45, 2.75) is 19.2 Å². The molecule has 2 unspecified atom stereocenters. The predicted octanol–water partition coefficient (Wildman–Crippen LogP) is -1.39. The zero-order valence-corrected chi connectivity index (χ0v) is 3.76. The van der Waals surface area contributed by atoms with Crippen LogP contribution in [-0.4, -0.2) is 17.4 Å². The minimum Gasteiger partial charge on any atom is -0.377 e. The number of hydrogen-bond acceptors (Lipinski definition) is 3. The van der Waals surface area contributed by atoms with E-state index in [1.165, 1.54) is 0 Å². The van der Waals surface area contributed by atoms with Gasteiger partial charge >= 0.3 is 0 Å². The monoisotopic (exact) mass is 90.1 g/mol. The van der Waals surface area contributed by atoms with Crippen LogP contribution in [-0.2, 0) is 0 Å². The Morgan fingerprint density at radius 3 is 1.67 bits per heavy atom. The summed E-state index contributed by atoms with van der Waals surface area (Å²) in [5.74, 6) is 0. The van der Waals surface area contributed by atoms with E-state index in [4.69, 9.17) is 16.6 Å². The third-order valence-corrected chi connectivity index (χ3v) is 0.539. The maximum atomic E-state index is 8.28. The van der Waals surface area contributed by atoms with Gasteiger partial charge in [-0.1, -0.05) is 0 Å². The molecule has 6 heavy (non-hydrogen) atoms. The molecule has 0 amide bonds. The van der Waals surface area contributed by atoms with Gasteiger partial charge < -0.3 is 16.6 Å². The molecule has 2 atom stereocenters. The van der Waals surface area contributed by atoms with Crippen molar-refractivity contribution in [1.82, 2.24) is 0 Å². The lowest BCUT2D eigenvalue weighted by Crippen LogP contribution is -2.38. The zero-order chi connectivity index (χ0) is 5.15. The minimum absolute atomic E-state index is 0.315. The zero-order valence-electron chi connectivity index (χ0n) is 3.76. The average Bonchev–Trinajstić information content (AvgIpc) is 1.36. The summed E-state index contributed by atoms with van der Waals surface area (Å²) in [6.45, 7) is 1.64. The molecule has 0 aliphatic rings. The van der Waals surface area contributed by atoms with Gasteiger partial charge in [0.1, 0.15) is 6.23 Å². The van der Waals surface area contributed by atoms with Gasteiger partial charge in [-0.3, -0.25) is 0 Å². The van der Waals surface area contributed by atoms with Crippen molar-refractivity contribution in [3.63, 3.8) is 0 Å². The van der Waals surface area contributed by atoms with Crippen LogP contribution in [0.5, 0.6) is 0 Å². The summed E-state index contributed by atoms with van der Waals surface area (Å²) in [5.41, 5.74) is 9.93. The molecule has 0 rings (SSSR count). The smallest absolute Gasteiger partial charge is 0.117 e. The molecule has 0 radical (unpaired) electrons. The van der Waals surface area contributed by atoms with Crippen molar-refractivity contribution < 1.29 is 5.11 Å². The molecule has 0 saturated heterocycles. The van der Waals surface area contributed by atoms with Gasteiger partial charge in [0.2, 0.25) is 0 Å². The summed E-state index contributed by atoms with van der Waals surface area (Å²) in [6.07, 6.45) is -0.870. The summed E-state index contributed by atoms with van der Waals surface area (Å²) in [5, 5.41) is 8.28. The van der Waals surface area contributed by atoms with E-state index < -0.39 is 6.23 Å². The molecule has 0 aromatic carbocycles. The van der Waals surface area contributed by atoms with Crippen molar-refractivity contribution in [3.05, 3.63) is 0 Å². The van der Waals surface area contributed by atoms with Gasteiger partial charge in [-0.15, -0.1) is 0 Å². The number of nitrogens with two attached hydrogens (primary N) is 2. The van der Waals surface area contributed by atoms with Gasteiger partial charge in [-0.05, 0) is 6.92 Å². The number of aliphatic hydroxyl groups is 1. The lowest BCUT2D eigenvalue weighted by molar-refractivity contribution is 0.158. The van der Waals surface area contributed by atoms with Gasteiger partial charge in [0.05, 0.1) is 0 Å². The molecule has 3 nitrogen and oxygen atoms in total. The highest BCUT2D eigenvalue weighted by Gasteiger charge is 1.98. The topological polar surface area (TPSA) is 72.3 Å². The number of hydrogen-bond donors (Lipinski definition) is 3. The summed E-state index contributed by atoms with van der Waals surface area (Å²) < 4.78 is 0. The Labute approximate surface area is 36.9 Å². The van der Waals surface area contributed by atoms with E-state index in [-0.39, 0.29) is 6.04 Å². The first-order valence-corrected chi connectivity index (χ1v) is 1.84. The lowest BCUT2D eigenvalue weighted by Gasteiger charge is -2.05. The van der Waals surface area contributed by atoms with Gasteiger partial charge in [-0.25, -0.2) is 0 Å². The van der Waals surface area contributed by atoms with Crippen LogP contribution in [0.1, 0.15) is 6.92 Å². The second kappa shape index (κ2) is 2.12. The third-order valence-electron chi connectivity index (χ3n) is 0.539. The molecular formula is C3H10N2O. The van der Waals surface area contributed by atoms with Crippen LogP contribution < -0.4 is 11.5 Å². The van der Waals surface area contributed by atoms with Crippen LogP contribution >= 0.6 is 0 Å². The first-order chi connectivity index (χ1) is 2.64. The highest BCUT2D eigenvalue weighted by molar-refractivity contribution is 4.55. The lowest BCUT2D eigenvalue weighted by atomic mass is 10.3. The molecule has 3 heteroatoms. The summed E-state index contributed by atoms with van der Waals surface area (Å²) in [6, 6.07) is -0.315. The molecule has 0 fully saturated rings. The molecule has 0 aliphatic carbocycles. The van der Waals surface area contributed by atoms with Crippen molar-refractivity contribution in [2.75, 3.05) is 0 Å². The molecular weight excluding hydrogens is 80.0 g/mol. The molecule has 0 bridgehead atoms. The fourth-order valence-corrected chi connectivity index (χ4v) is 0. The summed E-state index contributed by atoms with van der Waals surface area (Å²) >= 11 is 0. The molecule has 0 aliphatic heterocycles. The fourth-order valence-electron chi connectivity index (χ4n) is 0. The second-order valence-electron chi connectivity index (χ2n) is 1.35. The molecule has 0 aromatic heterocycles. The summed E-state index contributed by atoms with van der Waals surface area (Å²) in [4.78, 5) is 0. The van der Waals surface area contributed by atoms with E-state index >= 15 is 0 Å². The van der Waals surface area contributed by atoms with E-state index in [1.54, 1.807) is 6.92 Å². The number of aliphatic hydroxyl groups excluding tert-OH is 1. The Morgan fingerprint density at radius 2 is 1.67 bits per heavy atom. The van der Waals surface area contributed by atoms with Gasteiger partial charge in [-0.2, -0.15) is 0 Å². The van der Waals surface area contributed by atoms with E-state index in [1.807, 2.05) is 0 Å². The molecule has 38 valence electrons. The maximum absolute atomic E-state index is 8.28. The molecule has 0 spiro atoms. The molecule has 0 heterocycles. The minimum atomic E-state index is -0.870. The summed E-state index contributed by atoms with van der Waals surface area (Å²) in [7, 11) is 0. The van der Waals surface area contributed by atoms with E-state index in [0.29, 0.717) is 0 Å². The van der Waals surface area contributed by atoms with Crippen LogP contribution in [0.3, 0.4) is 0 Å². The van der Waals surface area contributed by atoms with Crippen molar-refractivity contribution >= 4 is 0 Å².